The maximum atomic E-state index is 12.6. The summed E-state index contributed by atoms with van der Waals surface area (Å²) in [5, 5.41) is 8.87. The van der Waals surface area contributed by atoms with Gasteiger partial charge in [-0.15, -0.1) is 0 Å². The second-order valence-corrected chi connectivity index (χ2v) is 6.44. The number of rotatable bonds is 5. The SMILES string of the molecule is COc1ccc(OC)c(CN2CCN(C(=O)c3ccc(C#N)cc3)CC2)c1. The average Bonchev–Trinajstić information content (AvgIpc) is 2.73. The molecule has 27 heavy (non-hydrogen) atoms. The van der Waals surface area contributed by atoms with E-state index in [9.17, 15) is 4.79 Å². The van der Waals surface area contributed by atoms with Gasteiger partial charge in [-0.3, -0.25) is 9.69 Å². The highest BCUT2D eigenvalue weighted by atomic mass is 16.5. The number of methoxy groups -OCH3 is 2. The average molecular weight is 365 g/mol. The zero-order valence-corrected chi connectivity index (χ0v) is 15.6. The number of nitrogens with zero attached hydrogens (tertiary/aromatic N) is 3. The predicted molar refractivity (Wildman–Crippen MR) is 102 cm³/mol. The van der Waals surface area contributed by atoms with Crippen molar-refractivity contribution in [1.29, 1.82) is 5.26 Å². The minimum absolute atomic E-state index is 0.0121. The molecule has 1 saturated heterocycles. The van der Waals surface area contributed by atoms with Gasteiger partial charge in [0, 0.05) is 43.9 Å². The number of nitriles is 1. The summed E-state index contributed by atoms with van der Waals surface area (Å²) in [6.45, 7) is 3.68. The zero-order chi connectivity index (χ0) is 19.2. The summed E-state index contributed by atoms with van der Waals surface area (Å²) in [7, 11) is 3.32. The Labute approximate surface area is 159 Å². The van der Waals surface area contributed by atoms with Gasteiger partial charge in [0.2, 0.25) is 0 Å². The molecular formula is C21H23N3O3. The number of carbonyl (C=O) groups is 1. The van der Waals surface area contributed by atoms with Crippen LogP contribution in [0.2, 0.25) is 0 Å². The molecule has 6 nitrogen and oxygen atoms in total. The lowest BCUT2D eigenvalue weighted by Gasteiger charge is -2.35. The van der Waals surface area contributed by atoms with Crippen LogP contribution in [0.15, 0.2) is 42.5 Å². The van der Waals surface area contributed by atoms with Crippen molar-refractivity contribution in [2.75, 3.05) is 40.4 Å². The number of hydrogen-bond acceptors (Lipinski definition) is 5. The van der Waals surface area contributed by atoms with Crippen molar-refractivity contribution in [3.8, 4) is 17.6 Å². The molecule has 2 aromatic carbocycles. The van der Waals surface area contributed by atoms with Crippen LogP contribution in [0.25, 0.3) is 0 Å². The molecule has 0 N–H and O–H groups in total. The van der Waals surface area contributed by atoms with Crippen molar-refractivity contribution in [3.05, 3.63) is 59.2 Å². The number of ether oxygens (including phenoxy) is 2. The van der Waals surface area contributed by atoms with Crippen LogP contribution in [0.4, 0.5) is 0 Å². The zero-order valence-electron chi connectivity index (χ0n) is 15.6. The van der Waals surface area contributed by atoms with Crippen molar-refractivity contribution < 1.29 is 14.3 Å². The molecule has 0 saturated carbocycles. The monoisotopic (exact) mass is 365 g/mol. The van der Waals surface area contributed by atoms with E-state index in [0.717, 1.165) is 36.7 Å². The molecule has 0 bridgehead atoms. The molecule has 1 heterocycles. The van der Waals surface area contributed by atoms with Gasteiger partial charge in [-0.2, -0.15) is 5.26 Å². The molecule has 0 spiro atoms. The van der Waals surface area contributed by atoms with Crippen LogP contribution in [-0.2, 0) is 6.54 Å². The molecule has 2 aromatic rings. The number of piperazine rings is 1. The number of amides is 1. The molecule has 0 aromatic heterocycles. The van der Waals surface area contributed by atoms with Crippen molar-refractivity contribution in [2.45, 2.75) is 6.54 Å². The molecule has 140 valence electrons. The van der Waals surface area contributed by atoms with E-state index in [0.29, 0.717) is 24.2 Å². The summed E-state index contributed by atoms with van der Waals surface area (Å²) < 4.78 is 10.8. The molecule has 0 atom stereocenters. The smallest absolute Gasteiger partial charge is 0.253 e. The van der Waals surface area contributed by atoms with E-state index in [1.807, 2.05) is 23.1 Å². The Kier molecular flexibility index (Phi) is 5.94. The maximum absolute atomic E-state index is 12.6. The molecule has 0 aliphatic carbocycles. The molecule has 1 amide bonds. The summed E-state index contributed by atoms with van der Waals surface area (Å²) in [5.74, 6) is 1.66. The first-order valence-corrected chi connectivity index (χ1v) is 8.87. The van der Waals surface area contributed by atoms with Crippen molar-refractivity contribution in [3.63, 3.8) is 0 Å². The third kappa shape index (κ3) is 4.39. The van der Waals surface area contributed by atoms with Gasteiger partial charge in [0.1, 0.15) is 11.5 Å². The number of carbonyl (C=O) groups excluding carboxylic acids is 1. The van der Waals surface area contributed by atoms with Gasteiger partial charge < -0.3 is 14.4 Å². The van der Waals surface area contributed by atoms with E-state index < -0.39 is 0 Å². The Bertz CT molecular complexity index is 835. The summed E-state index contributed by atoms with van der Waals surface area (Å²) in [4.78, 5) is 16.8. The second kappa shape index (κ2) is 8.56. The standard InChI is InChI=1S/C21H23N3O3/c1-26-19-7-8-20(27-2)18(13-19)15-23-9-11-24(12-10-23)21(25)17-5-3-16(14-22)4-6-17/h3-8,13H,9-12,15H2,1-2H3. The highest BCUT2D eigenvalue weighted by Gasteiger charge is 2.23. The summed E-state index contributed by atoms with van der Waals surface area (Å²) in [6.07, 6.45) is 0. The van der Waals surface area contributed by atoms with Gasteiger partial charge >= 0.3 is 0 Å². The lowest BCUT2D eigenvalue weighted by atomic mass is 10.1. The van der Waals surface area contributed by atoms with E-state index in [2.05, 4.69) is 11.0 Å². The van der Waals surface area contributed by atoms with Crippen molar-refractivity contribution in [1.82, 2.24) is 9.80 Å². The minimum atomic E-state index is 0.0121. The van der Waals surface area contributed by atoms with Gasteiger partial charge in [-0.25, -0.2) is 0 Å². The summed E-state index contributed by atoms with van der Waals surface area (Å²) in [6, 6.07) is 14.7. The molecule has 6 heteroatoms. The van der Waals surface area contributed by atoms with Gasteiger partial charge in [0.05, 0.1) is 25.9 Å². The summed E-state index contributed by atoms with van der Waals surface area (Å²) in [5.41, 5.74) is 2.25. The fourth-order valence-corrected chi connectivity index (χ4v) is 3.23. The third-order valence-electron chi connectivity index (χ3n) is 4.80. The van der Waals surface area contributed by atoms with Crippen LogP contribution < -0.4 is 9.47 Å². The van der Waals surface area contributed by atoms with Crippen molar-refractivity contribution >= 4 is 5.91 Å². The Balaban J connectivity index is 1.60. The Morgan fingerprint density at radius 2 is 1.74 bits per heavy atom. The molecule has 0 radical (unpaired) electrons. The highest BCUT2D eigenvalue weighted by molar-refractivity contribution is 5.94. The van der Waals surface area contributed by atoms with Gasteiger partial charge in [-0.1, -0.05) is 0 Å². The quantitative estimate of drug-likeness (QED) is 0.815. The van der Waals surface area contributed by atoms with Crippen LogP contribution in [-0.4, -0.2) is 56.1 Å². The molecule has 1 aliphatic heterocycles. The van der Waals surface area contributed by atoms with Gasteiger partial charge in [0.15, 0.2) is 0 Å². The van der Waals surface area contributed by atoms with Crippen LogP contribution >= 0.6 is 0 Å². The molecule has 3 rings (SSSR count). The van der Waals surface area contributed by atoms with E-state index in [-0.39, 0.29) is 5.91 Å². The normalized spacial score (nSPS) is 14.5. The maximum Gasteiger partial charge on any atom is 0.253 e. The Hall–Kier alpha value is -3.04. The van der Waals surface area contributed by atoms with E-state index in [1.165, 1.54) is 0 Å². The Morgan fingerprint density at radius 3 is 2.33 bits per heavy atom. The number of benzene rings is 2. The minimum Gasteiger partial charge on any atom is -0.497 e. The van der Waals surface area contributed by atoms with Gasteiger partial charge in [-0.05, 0) is 42.5 Å². The lowest BCUT2D eigenvalue weighted by Crippen LogP contribution is -2.48. The first-order valence-electron chi connectivity index (χ1n) is 8.87. The lowest BCUT2D eigenvalue weighted by molar-refractivity contribution is 0.0627. The Morgan fingerprint density at radius 1 is 1.04 bits per heavy atom. The van der Waals surface area contributed by atoms with Gasteiger partial charge in [0.25, 0.3) is 5.91 Å². The predicted octanol–water partition coefficient (Wildman–Crippen LogP) is 2.53. The number of hydrogen-bond donors (Lipinski definition) is 0. The molecule has 0 unspecified atom stereocenters. The molecule has 1 fully saturated rings. The van der Waals surface area contributed by atoms with Crippen LogP contribution in [0, 0.1) is 11.3 Å². The van der Waals surface area contributed by atoms with E-state index in [1.54, 1.807) is 38.5 Å². The largest absolute Gasteiger partial charge is 0.497 e. The van der Waals surface area contributed by atoms with Crippen LogP contribution in [0.5, 0.6) is 11.5 Å². The first kappa shape index (κ1) is 18.7. The second-order valence-electron chi connectivity index (χ2n) is 6.44. The topological polar surface area (TPSA) is 65.8 Å². The van der Waals surface area contributed by atoms with E-state index >= 15 is 0 Å². The molecular weight excluding hydrogens is 342 g/mol. The summed E-state index contributed by atoms with van der Waals surface area (Å²) >= 11 is 0. The fourth-order valence-electron chi connectivity index (χ4n) is 3.23. The fraction of sp³-hybridized carbons (Fsp3) is 0.333. The van der Waals surface area contributed by atoms with E-state index in [4.69, 9.17) is 14.7 Å². The third-order valence-corrected chi connectivity index (χ3v) is 4.80. The van der Waals surface area contributed by atoms with Crippen LogP contribution in [0.1, 0.15) is 21.5 Å². The molecule has 1 aliphatic rings. The van der Waals surface area contributed by atoms with Crippen LogP contribution in [0.3, 0.4) is 0 Å². The van der Waals surface area contributed by atoms with Crippen molar-refractivity contribution in [2.24, 2.45) is 0 Å². The first-order chi connectivity index (χ1) is 13.1. The highest BCUT2D eigenvalue weighted by Crippen LogP contribution is 2.25.